The highest BCUT2D eigenvalue weighted by molar-refractivity contribution is 6.33. The Morgan fingerprint density at radius 3 is 2.19 bits per heavy atom. The highest BCUT2D eigenvalue weighted by Gasteiger charge is 2.46. The summed E-state index contributed by atoms with van der Waals surface area (Å²) in [5, 5.41) is 2.64. The number of nitrogens with one attached hydrogen (secondary N) is 1. The van der Waals surface area contributed by atoms with Crippen LogP contribution >= 0.6 is 11.6 Å². The molecule has 6 aliphatic heterocycles. The molecule has 324 valence electrons. The normalized spacial score (nSPS) is 23.3. The summed E-state index contributed by atoms with van der Waals surface area (Å²) in [7, 11) is 0. The fraction of sp³-hybridized carbons (Fsp3) is 0.478. The molecule has 62 heavy (non-hydrogen) atoms. The SMILES string of the molecule is [C-]#[N+]c1ccc(N2CC3(CCN(c4ccc(C(=O)N5CCN(CC6CCN(c7cc8c(cc7F)C(=O)N(C7CCC(=O)NC7=O)C8=O)CC6)CC5)c(F)c4)CC3)C[C@@H]2C)cc1Cl. The first-order valence-corrected chi connectivity index (χ1v) is 22.0. The maximum absolute atomic E-state index is 15.7. The van der Waals surface area contributed by atoms with Crippen LogP contribution in [0.4, 0.5) is 31.5 Å². The number of piperidine rings is 3. The lowest BCUT2D eigenvalue weighted by Crippen LogP contribution is -2.54. The molecular weight excluding hydrogens is 818 g/mol. The molecule has 0 aromatic heterocycles. The van der Waals surface area contributed by atoms with Gasteiger partial charge in [0.25, 0.3) is 17.7 Å². The monoisotopic (exact) mass is 866 g/mol. The van der Waals surface area contributed by atoms with E-state index < -0.39 is 41.3 Å². The van der Waals surface area contributed by atoms with E-state index in [0.29, 0.717) is 61.9 Å². The third-order valence-corrected chi connectivity index (χ3v) is 14.5. The van der Waals surface area contributed by atoms with Gasteiger partial charge in [0.2, 0.25) is 17.5 Å². The number of nitrogens with zero attached hydrogens (tertiary/aromatic N) is 7. The van der Waals surface area contributed by atoms with Gasteiger partial charge in [0.15, 0.2) is 0 Å². The topological polar surface area (TPSA) is 121 Å². The minimum Gasteiger partial charge on any atom is -0.371 e. The zero-order valence-electron chi connectivity index (χ0n) is 34.7. The van der Waals surface area contributed by atoms with Crippen LogP contribution in [0.1, 0.15) is 82.9 Å². The fourth-order valence-electron chi connectivity index (χ4n) is 10.7. The van der Waals surface area contributed by atoms with Gasteiger partial charge in [0.05, 0.1) is 28.9 Å². The molecule has 1 spiro atoms. The molecule has 3 aromatic rings. The molecule has 0 bridgehead atoms. The van der Waals surface area contributed by atoms with Gasteiger partial charge in [0.1, 0.15) is 17.7 Å². The van der Waals surface area contributed by atoms with Gasteiger partial charge in [-0.2, -0.15) is 0 Å². The van der Waals surface area contributed by atoms with Gasteiger partial charge in [-0.3, -0.25) is 39.1 Å². The van der Waals surface area contributed by atoms with Crippen molar-refractivity contribution in [1.82, 2.24) is 20.0 Å². The van der Waals surface area contributed by atoms with Crippen LogP contribution in [0.5, 0.6) is 0 Å². The zero-order chi connectivity index (χ0) is 43.4. The first-order chi connectivity index (χ1) is 29.8. The van der Waals surface area contributed by atoms with Crippen LogP contribution in [0, 0.1) is 29.5 Å². The predicted molar refractivity (Wildman–Crippen MR) is 230 cm³/mol. The number of rotatable bonds is 7. The predicted octanol–water partition coefficient (Wildman–Crippen LogP) is 6.13. The second-order valence-corrected chi connectivity index (χ2v) is 18.3. The number of anilines is 3. The molecule has 5 saturated heterocycles. The molecule has 5 amide bonds. The number of fused-ring (bicyclic) bond motifs is 1. The van der Waals surface area contributed by atoms with Gasteiger partial charge in [-0.05, 0) is 99.2 Å². The Morgan fingerprint density at radius 2 is 1.53 bits per heavy atom. The first-order valence-electron chi connectivity index (χ1n) is 21.6. The molecular formula is C46H49ClF2N8O5. The third kappa shape index (κ3) is 7.76. The number of hydrogen-bond acceptors (Lipinski definition) is 9. The second kappa shape index (κ2) is 16.6. The number of amides is 5. The number of carbonyl (C=O) groups excluding carboxylic acids is 5. The summed E-state index contributed by atoms with van der Waals surface area (Å²) in [5.41, 5.74) is 2.72. The number of imide groups is 2. The van der Waals surface area contributed by atoms with Crippen LogP contribution in [0.25, 0.3) is 4.85 Å². The maximum Gasteiger partial charge on any atom is 0.262 e. The van der Waals surface area contributed by atoms with Crippen molar-refractivity contribution in [2.45, 2.75) is 64.0 Å². The molecule has 0 radical (unpaired) electrons. The van der Waals surface area contributed by atoms with Crippen molar-refractivity contribution in [3.63, 3.8) is 0 Å². The van der Waals surface area contributed by atoms with Crippen LogP contribution in [0.2, 0.25) is 5.02 Å². The fourth-order valence-corrected chi connectivity index (χ4v) is 10.9. The Bertz CT molecular complexity index is 2380. The molecule has 0 saturated carbocycles. The van der Waals surface area contributed by atoms with E-state index >= 15 is 8.78 Å². The number of piperazine rings is 1. The Kier molecular flexibility index (Phi) is 11.2. The second-order valence-electron chi connectivity index (χ2n) is 17.9. The molecule has 1 N–H and O–H groups in total. The van der Waals surface area contributed by atoms with E-state index in [-0.39, 0.29) is 46.5 Å². The standard InChI is InChI=1S/C46H49ClF2N8O5/c1-28-25-46(27-56(28)31-4-6-38(50-2)35(47)21-31)11-15-53(16-12-46)30-3-5-32(36(48)22-30)43(60)55-19-17-52(18-20-55)26-29-9-13-54(14-10-29)40-24-34-33(23-37(40)49)44(61)57(45(34)62)39-7-8-41(58)51-42(39)59/h3-6,21-24,28-29,39H,7-20,25-27H2,1H3,(H,51,58,59)/t28-,39?/m0/s1. The first kappa shape index (κ1) is 41.7. The molecule has 13 nitrogen and oxygen atoms in total. The van der Waals surface area contributed by atoms with E-state index in [2.05, 4.69) is 31.8 Å². The molecule has 2 atom stereocenters. The van der Waals surface area contributed by atoms with Crippen molar-refractivity contribution in [1.29, 1.82) is 0 Å². The minimum absolute atomic E-state index is 0.00371. The summed E-state index contributed by atoms with van der Waals surface area (Å²) in [4.78, 5) is 78.9. The van der Waals surface area contributed by atoms with Gasteiger partial charge in [-0.1, -0.05) is 17.7 Å². The highest BCUT2D eigenvalue weighted by atomic mass is 35.5. The number of benzene rings is 3. The molecule has 6 heterocycles. The van der Waals surface area contributed by atoms with Crippen LogP contribution in [-0.2, 0) is 9.59 Å². The van der Waals surface area contributed by atoms with E-state index in [1.54, 1.807) is 17.0 Å². The quantitative estimate of drug-likeness (QED) is 0.221. The van der Waals surface area contributed by atoms with Crippen LogP contribution in [-0.4, -0.2) is 122 Å². The molecule has 1 unspecified atom stereocenters. The van der Waals surface area contributed by atoms with Crippen molar-refractivity contribution in [2.75, 3.05) is 80.1 Å². The Morgan fingerprint density at radius 1 is 0.839 bits per heavy atom. The van der Waals surface area contributed by atoms with Crippen LogP contribution < -0.4 is 20.0 Å². The summed E-state index contributed by atoms with van der Waals surface area (Å²) in [5.74, 6) is -3.67. The van der Waals surface area contributed by atoms with E-state index in [9.17, 15) is 24.0 Å². The van der Waals surface area contributed by atoms with Crippen molar-refractivity contribution in [3.05, 3.63) is 93.3 Å². The van der Waals surface area contributed by atoms with Crippen molar-refractivity contribution in [3.8, 4) is 0 Å². The van der Waals surface area contributed by atoms with Gasteiger partial charge in [-0.25, -0.2) is 13.6 Å². The Hall–Kier alpha value is -5.59. The molecule has 16 heteroatoms. The smallest absolute Gasteiger partial charge is 0.262 e. The number of carbonyl (C=O) groups is 5. The Balaban J connectivity index is 0.738. The highest BCUT2D eigenvalue weighted by Crippen LogP contribution is 2.46. The van der Waals surface area contributed by atoms with Gasteiger partial charge in [0, 0.05) is 94.3 Å². The average Bonchev–Trinajstić information content (AvgIpc) is 3.71. The number of halogens is 3. The van der Waals surface area contributed by atoms with Crippen molar-refractivity contribution >= 4 is 63.9 Å². The van der Waals surface area contributed by atoms with E-state index in [0.717, 1.165) is 80.6 Å². The van der Waals surface area contributed by atoms with Crippen LogP contribution in [0.3, 0.4) is 0 Å². The lowest BCUT2D eigenvalue weighted by molar-refractivity contribution is -0.136. The molecule has 6 aliphatic rings. The van der Waals surface area contributed by atoms with Gasteiger partial charge in [-0.15, -0.1) is 0 Å². The lowest BCUT2D eigenvalue weighted by Gasteiger charge is -2.40. The average molecular weight is 867 g/mol. The summed E-state index contributed by atoms with van der Waals surface area (Å²) in [6, 6.07) is 12.4. The van der Waals surface area contributed by atoms with Crippen molar-refractivity contribution < 1.29 is 32.8 Å². The minimum atomic E-state index is -1.12. The molecule has 9 rings (SSSR count). The van der Waals surface area contributed by atoms with Gasteiger partial charge < -0.3 is 19.6 Å². The van der Waals surface area contributed by atoms with E-state index in [1.807, 2.05) is 23.1 Å². The van der Waals surface area contributed by atoms with Gasteiger partial charge >= 0.3 is 0 Å². The molecule has 3 aromatic carbocycles. The zero-order valence-corrected chi connectivity index (χ0v) is 35.4. The summed E-state index contributed by atoms with van der Waals surface area (Å²) < 4.78 is 31.1. The lowest BCUT2D eigenvalue weighted by atomic mass is 9.76. The Labute approximate surface area is 364 Å². The largest absolute Gasteiger partial charge is 0.371 e. The number of hydrogen-bond donors (Lipinski definition) is 1. The van der Waals surface area contributed by atoms with E-state index in [1.165, 1.54) is 12.1 Å². The third-order valence-electron chi connectivity index (χ3n) is 14.2. The summed E-state index contributed by atoms with van der Waals surface area (Å²) in [6.45, 7) is 16.3. The van der Waals surface area contributed by atoms with Crippen LogP contribution in [0.15, 0.2) is 48.5 Å². The van der Waals surface area contributed by atoms with E-state index in [4.69, 9.17) is 18.2 Å². The van der Waals surface area contributed by atoms with Crippen molar-refractivity contribution in [2.24, 2.45) is 11.3 Å². The molecule has 5 fully saturated rings. The molecule has 0 aliphatic carbocycles. The summed E-state index contributed by atoms with van der Waals surface area (Å²) in [6.07, 6.45) is 4.60. The summed E-state index contributed by atoms with van der Waals surface area (Å²) >= 11 is 6.37. The maximum atomic E-state index is 15.7.